The van der Waals surface area contributed by atoms with E-state index in [2.05, 4.69) is 16.0 Å². The van der Waals surface area contributed by atoms with Gasteiger partial charge in [0.05, 0.1) is 6.04 Å². The second-order valence-electron chi connectivity index (χ2n) is 9.38. The van der Waals surface area contributed by atoms with Gasteiger partial charge in [-0.1, -0.05) is 26.0 Å². The van der Waals surface area contributed by atoms with Crippen LogP contribution in [0.1, 0.15) is 51.5 Å². The number of rotatable bonds is 17. The third-order valence-corrected chi connectivity index (χ3v) is 5.87. The largest absolute Gasteiger partial charge is 0.508 e. The van der Waals surface area contributed by atoms with Gasteiger partial charge in [-0.3, -0.25) is 19.2 Å². The van der Waals surface area contributed by atoms with Crippen molar-refractivity contribution in [2.24, 2.45) is 17.4 Å². The lowest BCUT2D eigenvalue weighted by Gasteiger charge is -2.25. The lowest BCUT2D eigenvalue weighted by Crippen LogP contribution is -2.57. The Balaban J connectivity index is 3.05. The van der Waals surface area contributed by atoms with Gasteiger partial charge in [-0.2, -0.15) is 0 Å². The molecule has 1 aromatic carbocycles. The number of carboxylic acids is 2. The summed E-state index contributed by atoms with van der Waals surface area (Å²) in [6, 6.07) is 1.03. The van der Waals surface area contributed by atoms with Crippen LogP contribution in [0, 0.1) is 5.92 Å². The van der Waals surface area contributed by atoms with Gasteiger partial charge in [-0.05, 0) is 55.8 Å². The van der Waals surface area contributed by atoms with Crippen molar-refractivity contribution in [1.29, 1.82) is 0 Å². The average molecular weight is 538 g/mol. The maximum absolute atomic E-state index is 13.1. The smallest absolute Gasteiger partial charge is 0.326 e. The van der Waals surface area contributed by atoms with Crippen molar-refractivity contribution in [3.63, 3.8) is 0 Å². The number of hydrogen-bond donors (Lipinski definition) is 8. The molecule has 0 aromatic heterocycles. The summed E-state index contributed by atoms with van der Waals surface area (Å²) in [5.74, 6) is -4.95. The highest BCUT2D eigenvalue weighted by Crippen LogP contribution is 2.12. The summed E-state index contributed by atoms with van der Waals surface area (Å²) in [6.45, 7) is 3.86. The summed E-state index contributed by atoms with van der Waals surface area (Å²) in [5, 5.41) is 35.5. The van der Waals surface area contributed by atoms with Crippen molar-refractivity contribution in [3.05, 3.63) is 29.8 Å². The molecule has 4 unspecified atom stereocenters. The summed E-state index contributed by atoms with van der Waals surface area (Å²) in [6.07, 6.45) is 0.364. The van der Waals surface area contributed by atoms with E-state index in [0.717, 1.165) is 0 Å². The minimum Gasteiger partial charge on any atom is -0.508 e. The molecule has 0 bridgehead atoms. The maximum Gasteiger partial charge on any atom is 0.326 e. The van der Waals surface area contributed by atoms with Gasteiger partial charge in [0.15, 0.2) is 0 Å². The molecule has 0 saturated carbocycles. The van der Waals surface area contributed by atoms with Gasteiger partial charge in [-0.25, -0.2) is 4.79 Å². The number of aliphatic carboxylic acids is 2. The highest BCUT2D eigenvalue weighted by Gasteiger charge is 2.31. The van der Waals surface area contributed by atoms with E-state index in [1.807, 2.05) is 0 Å². The molecule has 0 saturated heterocycles. The summed E-state index contributed by atoms with van der Waals surface area (Å²) >= 11 is 0. The van der Waals surface area contributed by atoms with E-state index < -0.39 is 60.2 Å². The third kappa shape index (κ3) is 11.6. The Kier molecular flexibility index (Phi) is 13.8. The number of carboxylic acid groups (broad SMARTS) is 2. The first-order valence-corrected chi connectivity index (χ1v) is 12.4. The van der Waals surface area contributed by atoms with Gasteiger partial charge in [-0.15, -0.1) is 0 Å². The molecule has 0 fully saturated rings. The number of aromatic hydroxyl groups is 1. The quantitative estimate of drug-likeness (QED) is 0.118. The second kappa shape index (κ2) is 16.2. The molecule has 0 radical (unpaired) electrons. The number of nitrogens with two attached hydrogens (primary N) is 2. The molecule has 0 aliphatic carbocycles. The molecular weight excluding hydrogens is 498 g/mol. The first-order chi connectivity index (χ1) is 17.8. The molecule has 0 aliphatic heterocycles. The number of hydrogen-bond acceptors (Lipinski definition) is 8. The number of carbonyl (C=O) groups excluding carboxylic acids is 3. The monoisotopic (exact) mass is 537 g/mol. The van der Waals surface area contributed by atoms with Crippen LogP contribution >= 0.6 is 0 Å². The molecule has 0 spiro atoms. The number of phenols is 1. The van der Waals surface area contributed by atoms with Crippen LogP contribution < -0.4 is 27.4 Å². The lowest BCUT2D eigenvalue weighted by atomic mass is 10.0. The maximum atomic E-state index is 13.1. The summed E-state index contributed by atoms with van der Waals surface area (Å²) in [5.41, 5.74) is 11.9. The van der Waals surface area contributed by atoms with Crippen molar-refractivity contribution < 1.29 is 39.3 Å². The van der Waals surface area contributed by atoms with E-state index in [4.69, 9.17) is 16.6 Å². The number of carbonyl (C=O) groups is 5. The predicted octanol–water partition coefficient (Wildman–Crippen LogP) is -0.549. The molecule has 212 valence electrons. The minimum absolute atomic E-state index is 0.0106. The number of benzene rings is 1. The Morgan fingerprint density at radius 2 is 1.34 bits per heavy atom. The number of unbranched alkanes of at least 4 members (excludes halogenated alkanes) is 1. The van der Waals surface area contributed by atoms with E-state index in [1.54, 1.807) is 13.8 Å². The van der Waals surface area contributed by atoms with Gasteiger partial charge in [0, 0.05) is 12.8 Å². The fourth-order valence-electron chi connectivity index (χ4n) is 3.48. The molecular formula is C25H39N5O8. The van der Waals surface area contributed by atoms with Crippen molar-refractivity contribution >= 4 is 29.7 Å². The van der Waals surface area contributed by atoms with Gasteiger partial charge >= 0.3 is 11.9 Å². The van der Waals surface area contributed by atoms with Gasteiger partial charge in [0.1, 0.15) is 23.9 Å². The molecule has 0 aliphatic rings. The van der Waals surface area contributed by atoms with Gasteiger partial charge in [0.2, 0.25) is 17.7 Å². The normalized spacial score (nSPS) is 14.1. The Labute approximate surface area is 221 Å². The van der Waals surface area contributed by atoms with Crippen LogP contribution in [-0.4, -0.2) is 75.7 Å². The lowest BCUT2D eigenvalue weighted by molar-refractivity contribution is -0.143. The minimum atomic E-state index is -1.39. The van der Waals surface area contributed by atoms with Crippen molar-refractivity contribution in [2.45, 2.75) is 76.5 Å². The van der Waals surface area contributed by atoms with Crippen molar-refractivity contribution in [2.75, 3.05) is 6.54 Å². The summed E-state index contributed by atoms with van der Waals surface area (Å²) < 4.78 is 0. The Morgan fingerprint density at radius 1 is 0.816 bits per heavy atom. The number of phenolic OH excluding ortho intramolecular Hbond substituents is 1. The van der Waals surface area contributed by atoms with Crippen LogP contribution in [0.25, 0.3) is 0 Å². The van der Waals surface area contributed by atoms with Crippen molar-refractivity contribution in [3.8, 4) is 5.75 Å². The Bertz CT molecular complexity index is 954. The van der Waals surface area contributed by atoms with Crippen LogP contribution in [0.2, 0.25) is 0 Å². The van der Waals surface area contributed by atoms with Crippen LogP contribution in [0.5, 0.6) is 5.75 Å². The van der Waals surface area contributed by atoms with E-state index in [9.17, 15) is 34.2 Å². The standard InChI is InChI=1S/C25H39N5O8/c1-14(2)21(27)24(36)29-17(5-3-4-12-26)22(34)28-18(10-11-20(32)33)23(35)30-19(25(37)38)13-15-6-8-16(31)9-7-15/h6-9,14,17-19,21,31H,3-5,10-13,26-27H2,1-2H3,(H,28,34)(H,29,36)(H,30,35)(H,32,33)(H,37,38). The molecule has 0 heterocycles. The highest BCUT2D eigenvalue weighted by molar-refractivity contribution is 5.94. The van der Waals surface area contributed by atoms with Gasteiger partial charge in [0.25, 0.3) is 0 Å². The zero-order chi connectivity index (χ0) is 28.8. The van der Waals surface area contributed by atoms with E-state index in [0.29, 0.717) is 24.9 Å². The Hall–Kier alpha value is -3.71. The van der Waals surface area contributed by atoms with E-state index >= 15 is 0 Å². The zero-order valence-electron chi connectivity index (χ0n) is 21.7. The molecule has 13 heteroatoms. The van der Waals surface area contributed by atoms with Crippen LogP contribution in [0.3, 0.4) is 0 Å². The first-order valence-electron chi connectivity index (χ1n) is 12.4. The Morgan fingerprint density at radius 3 is 1.84 bits per heavy atom. The number of nitrogens with one attached hydrogen (secondary N) is 3. The topological polar surface area (TPSA) is 234 Å². The van der Waals surface area contributed by atoms with Gasteiger partial charge < -0.3 is 42.7 Å². The molecule has 1 aromatic rings. The molecule has 38 heavy (non-hydrogen) atoms. The van der Waals surface area contributed by atoms with Crippen LogP contribution in [0.4, 0.5) is 0 Å². The van der Waals surface area contributed by atoms with Crippen molar-refractivity contribution in [1.82, 2.24) is 16.0 Å². The SMILES string of the molecule is CC(C)C(N)C(=O)NC(CCCCN)C(=O)NC(CCC(=O)O)C(=O)NC(Cc1ccc(O)cc1)C(=O)O. The predicted molar refractivity (Wildman–Crippen MR) is 138 cm³/mol. The van der Waals surface area contributed by atoms with Crippen LogP contribution in [-0.2, 0) is 30.4 Å². The zero-order valence-corrected chi connectivity index (χ0v) is 21.7. The highest BCUT2D eigenvalue weighted by atomic mass is 16.4. The molecule has 10 N–H and O–H groups in total. The number of amides is 3. The van der Waals surface area contributed by atoms with Crippen LogP contribution in [0.15, 0.2) is 24.3 Å². The fraction of sp³-hybridized carbons (Fsp3) is 0.560. The summed E-state index contributed by atoms with van der Waals surface area (Å²) in [4.78, 5) is 61.6. The third-order valence-electron chi connectivity index (χ3n) is 5.87. The van der Waals surface area contributed by atoms with E-state index in [-0.39, 0.29) is 30.9 Å². The average Bonchev–Trinajstić information content (AvgIpc) is 2.85. The fourth-order valence-corrected chi connectivity index (χ4v) is 3.48. The summed E-state index contributed by atoms with van der Waals surface area (Å²) in [7, 11) is 0. The first kappa shape index (κ1) is 32.3. The second-order valence-corrected chi connectivity index (χ2v) is 9.38. The molecule has 1 rings (SSSR count). The molecule has 3 amide bonds. The molecule has 13 nitrogen and oxygen atoms in total. The molecule has 4 atom stereocenters. The van der Waals surface area contributed by atoms with E-state index in [1.165, 1.54) is 24.3 Å².